The zero-order valence-electron chi connectivity index (χ0n) is 7.75. The highest BCUT2D eigenvalue weighted by Gasteiger charge is 2.36. The molecular weight excluding hydrogens is 267 g/mol. The maximum atomic E-state index is 12.0. The second kappa shape index (κ2) is 4.14. The standard InChI is InChI=1S/C8H7ClF3NO2S/c9-6-3-5(13)1-2-7(6)16(14,15)4-8(10,11)12/h1-3H,4,13H2. The molecule has 0 unspecified atom stereocenters. The number of hydrogen-bond acceptors (Lipinski definition) is 3. The van der Waals surface area contributed by atoms with E-state index in [4.69, 9.17) is 17.3 Å². The van der Waals surface area contributed by atoms with E-state index in [0.717, 1.165) is 12.1 Å². The summed E-state index contributed by atoms with van der Waals surface area (Å²) < 4.78 is 58.7. The van der Waals surface area contributed by atoms with Crippen LogP contribution in [-0.4, -0.2) is 20.3 Å². The highest BCUT2D eigenvalue weighted by Crippen LogP contribution is 2.28. The highest BCUT2D eigenvalue weighted by atomic mass is 35.5. The summed E-state index contributed by atoms with van der Waals surface area (Å²) >= 11 is 5.52. The number of alkyl halides is 3. The van der Waals surface area contributed by atoms with Gasteiger partial charge in [-0.3, -0.25) is 0 Å². The summed E-state index contributed by atoms with van der Waals surface area (Å²) in [6, 6.07) is 3.22. The Balaban J connectivity index is 3.18. The predicted octanol–water partition coefficient (Wildman–Crippen LogP) is 2.26. The topological polar surface area (TPSA) is 60.2 Å². The molecule has 0 aliphatic heterocycles. The summed E-state index contributed by atoms with van der Waals surface area (Å²) in [7, 11) is -4.48. The summed E-state index contributed by atoms with van der Waals surface area (Å²) in [5.41, 5.74) is 5.47. The van der Waals surface area contributed by atoms with Crippen molar-refractivity contribution in [2.45, 2.75) is 11.1 Å². The molecule has 0 spiro atoms. The van der Waals surface area contributed by atoms with Gasteiger partial charge in [0, 0.05) is 5.69 Å². The van der Waals surface area contributed by atoms with Gasteiger partial charge in [0.05, 0.1) is 9.92 Å². The molecule has 0 aromatic heterocycles. The minimum Gasteiger partial charge on any atom is -0.399 e. The van der Waals surface area contributed by atoms with Crippen LogP contribution in [0.3, 0.4) is 0 Å². The fourth-order valence-corrected chi connectivity index (χ4v) is 2.82. The Labute approximate surface area is 94.9 Å². The van der Waals surface area contributed by atoms with Crippen molar-refractivity contribution < 1.29 is 21.6 Å². The lowest BCUT2D eigenvalue weighted by atomic mass is 10.3. The Bertz CT molecular complexity index is 498. The SMILES string of the molecule is Nc1ccc(S(=O)(=O)CC(F)(F)F)c(Cl)c1. The van der Waals surface area contributed by atoms with Crippen LogP contribution < -0.4 is 5.73 Å². The third-order valence-electron chi connectivity index (χ3n) is 1.64. The fraction of sp³-hybridized carbons (Fsp3) is 0.250. The van der Waals surface area contributed by atoms with Crippen molar-refractivity contribution in [1.82, 2.24) is 0 Å². The van der Waals surface area contributed by atoms with E-state index >= 15 is 0 Å². The Morgan fingerprint density at radius 2 is 1.88 bits per heavy atom. The smallest absolute Gasteiger partial charge is 0.399 e. The molecule has 1 aromatic rings. The van der Waals surface area contributed by atoms with Crippen molar-refractivity contribution in [3.8, 4) is 0 Å². The largest absolute Gasteiger partial charge is 0.403 e. The van der Waals surface area contributed by atoms with Crippen LogP contribution in [0.25, 0.3) is 0 Å². The van der Waals surface area contributed by atoms with Gasteiger partial charge >= 0.3 is 6.18 Å². The van der Waals surface area contributed by atoms with E-state index in [1.54, 1.807) is 0 Å². The first-order valence-corrected chi connectivity index (χ1v) is 5.99. The van der Waals surface area contributed by atoms with Crippen LogP contribution in [0.2, 0.25) is 5.02 Å². The lowest BCUT2D eigenvalue weighted by Gasteiger charge is -2.09. The van der Waals surface area contributed by atoms with Gasteiger partial charge in [0.1, 0.15) is 0 Å². The lowest BCUT2D eigenvalue weighted by molar-refractivity contribution is -0.106. The molecule has 1 rings (SSSR count). The Morgan fingerprint density at radius 1 is 1.31 bits per heavy atom. The molecule has 0 amide bonds. The van der Waals surface area contributed by atoms with E-state index < -0.39 is 26.7 Å². The van der Waals surface area contributed by atoms with E-state index in [1.165, 1.54) is 6.07 Å². The maximum Gasteiger partial charge on any atom is 0.403 e. The Morgan fingerprint density at radius 3 is 2.31 bits per heavy atom. The zero-order valence-corrected chi connectivity index (χ0v) is 9.33. The highest BCUT2D eigenvalue weighted by molar-refractivity contribution is 7.91. The molecule has 0 bridgehead atoms. The number of benzene rings is 1. The van der Waals surface area contributed by atoms with Crippen LogP contribution >= 0.6 is 11.6 Å². The summed E-state index contributed by atoms with van der Waals surface area (Å²) in [5.74, 6) is -1.94. The molecule has 90 valence electrons. The van der Waals surface area contributed by atoms with Crippen LogP contribution in [0.5, 0.6) is 0 Å². The first-order chi connectivity index (χ1) is 7.12. The third kappa shape index (κ3) is 3.28. The first kappa shape index (κ1) is 13.1. The third-order valence-corrected chi connectivity index (χ3v) is 3.80. The summed E-state index contributed by atoms with van der Waals surface area (Å²) in [4.78, 5) is -0.569. The van der Waals surface area contributed by atoms with Gasteiger partial charge in [-0.15, -0.1) is 0 Å². The summed E-state index contributed by atoms with van der Waals surface area (Å²) in [5, 5.41) is -0.316. The zero-order chi connectivity index (χ0) is 12.6. The van der Waals surface area contributed by atoms with Gasteiger partial charge in [0.2, 0.25) is 0 Å². The molecule has 8 heteroatoms. The van der Waals surface area contributed by atoms with Crippen molar-refractivity contribution >= 4 is 27.1 Å². The van der Waals surface area contributed by atoms with Crippen molar-refractivity contribution in [3.63, 3.8) is 0 Å². The fourth-order valence-electron chi connectivity index (χ4n) is 1.06. The average Bonchev–Trinajstić information content (AvgIpc) is 1.97. The number of nitrogens with two attached hydrogens (primary N) is 1. The molecule has 0 aliphatic carbocycles. The maximum absolute atomic E-state index is 12.0. The molecule has 16 heavy (non-hydrogen) atoms. The number of hydrogen-bond donors (Lipinski definition) is 1. The van der Waals surface area contributed by atoms with Gasteiger partial charge in [0.25, 0.3) is 0 Å². The molecule has 0 fully saturated rings. The van der Waals surface area contributed by atoms with Crippen LogP contribution in [0.15, 0.2) is 23.1 Å². The molecule has 0 aliphatic rings. The molecule has 0 heterocycles. The van der Waals surface area contributed by atoms with E-state index in [-0.39, 0.29) is 10.7 Å². The van der Waals surface area contributed by atoms with E-state index in [2.05, 4.69) is 0 Å². The second-order valence-corrected chi connectivity index (χ2v) is 5.43. The minimum absolute atomic E-state index is 0.177. The molecule has 0 saturated heterocycles. The van der Waals surface area contributed by atoms with Gasteiger partial charge < -0.3 is 5.73 Å². The van der Waals surface area contributed by atoms with Crippen molar-refractivity contribution in [2.24, 2.45) is 0 Å². The van der Waals surface area contributed by atoms with E-state index in [0.29, 0.717) is 0 Å². The number of anilines is 1. The lowest BCUT2D eigenvalue weighted by Crippen LogP contribution is -2.23. The number of halogens is 4. The second-order valence-electron chi connectivity index (χ2n) is 3.06. The molecular formula is C8H7ClF3NO2S. The Kier molecular flexibility index (Phi) is 3.39. The molecule has 1 aromatic carbocycles. The van der Waals surface area contributed by atoms with Crippen molar-refractivity contribution in [2.75, 3.05) is 11.5 Å². The quantitative estimate of drug-likeness (QED) is 0.841. The Hall–Kier alpha value is -0.950. The van der Waals surface area contributed by atoms with E-state index in [1.807, 2.05) is 0 Å². The monoisotopic (exact) mass is 273 g/mol. The molecule has 0 radical (unpaired) electrons. The van der Waals surface area contributed by atoms with Gasteiger partial charge in [-0.25, -0.2) is 8.42 Å². The summed E-state index contributed by atoms with van der Waals surface area (Å²) in [6.45, 7) is 0. The van der Waals surface area contributed by atoms with Crippen molar-refractivity contribution in [3.05, 3.63) is 23.2 Å². The normalized spacial score (nSPS) is 12.8. The number of sulfone groups is 1. The molecule has 2 N–H and O–H groups in total. The summed E-state index contributed by atoms with van der Waals surface area (Å²) in [6.07, 6.45) is -4.80. The van der Waals surface area contributed by atoms with Crippen LogP contribution in [0, 0.1) is 0 Å². The van der Waals surface area contributed by atoms with Crippen LogP contribution in [0.4, 0.5) is 18.9 Å². The predicted molar refractivity (Wildman–Crippen MR) is 54.0 cm³/mol. The van der Waals surface area contributed by atoms with E-state index in [9.17, 15) is 21.6 Å². The molecule has 0 saturated carbocycles. The van der Waals surface area contributed by atoms with Gasteiger partial charge in [-0.2, -0.15) is 13.2 Å². The van der Waals surface area contributed by atoms with Crippen molar-refractivity contribution in [1.29, 1.82) is 0 Å². The van der Waals surface area contributed by atoms with Crippen LogP contribution in [-0.2, 0) is 9.84 Å². The minimum atomic E-state index is -4.80. The number of rotatable bonds is 2. The van der Waals surface area contributed by atoms with Gasteiger partial charge in [-0.05, 0) is 18.2 Å². The van der Waals surface area contributed by atoms with Gasteiger partial charge in [-0.1, -0.05) is 11.6 Å². The number of nitrogen functional groups attached to an aromatic ring is 1. The first-order valence-electron chi connectivity index (χ1n) is 3.96. The molecule has 3 nitrogen and oxygen atoms in total. The average molecular weight is 274 g/mol. The van der Waals surface area contributed by atoms with Gasteiger partial charge in [0.15, 0.2) is 15.6 Å². The van der Waals surface area contributed by atoms with Crippen LogP contribution in [0.1, 0.15) is 0 Å². The molecule has 0 atom stereocenters.